The number of amides is 1. The van der Waals surface area contributed by atoms with Crippen LogP contribution in [-0.2, 0) is 27.7 Å². The van der Waals surface area contributed by atoms with Crippen LogP contribution in [0.2, 0.25) is 0 Å². The van der Waals surface area contributed by atoms with E-state index in [0.717, 1.165) is 24.8 Å². The van der Waals surface area contributed by atoms with Gasteiger partial charge in [-0.1, -0.05) is 12.0 Å². The van der Waals surface area contributed by atoms with Crippen LogP contribution >= 0.6 is 0 Å². The number of piperidine rings is 1. The lowest BCUT2D eigenvalue weighted by Crippen LogP contribution is -2.43. The van der Waals surface area contributed by atoms with Gasteiger partial charge in [-0.3, -0.25) is 4.79 Å². The minimum absolute atomic E-state index is 0.0798. The fourth-order valence-corrected chi connectivity index (χ4v) is 5.18. The van der Waals surface area contributed by atoms with E-state index in [1.54, 1.807) is 6.07 Å². The maximum atomic E-state index is 12.9. The molecule has 1 N–H and O–H groups in total. The van der Waals surface area contributed by atoms with Gasteiger partial charge >= 0.3 is 0 Å². The number of fused-ring (bicyclic) bond motifs is 1. The molecule has 2 aliphatic rings. The molecule has 5 nitrogen and oxygen atoms in total. The molecule has 1 fully saturated rings. The van der Waals surface area contributed by atoms with Crippen LogP contribution in [0.5, 0.6) is 0 Å². The van der Waals surface area contributed by atoms with Crippen LogP contribution in [0.1, 0.15) is 36.8 Å². The van der Waals surface area contributed by atoms with Gasteiger partial charge in [0, 0.05) is 19.0 Å². The topological polar surface area (TPSA) is 66.5 Å². The zero-order valence-corrected chi connectivity index (χ0v) is 15.1. The van der Waals surface area contributed by atoms with Gasteiger partial charge in [-0.15, -0.1) is 6.42 Å². The van der Waals surface area contributed by atoms with Crippen molar-refractivity contribution in [2.24, 2.45) is 5.92 Å². The Morgan fingerprint density at radius 2 is 1.88 bits per heavy atom. The molecule has 3 rings (SSSR count). The molecule has 0 atom stereocenters. The standard InChI is InChI=1S/C19H24N2O3S/c1-2-11-20-19(22)16-9-12-21(13-10-16)25(23,24)18-8-7-15-5-3-4-6-17(15)14-18/h1,7-8,14,16H,3-6,9-13H2,(H,20,22). The van der Waals surface area contributed by atoms with Crippen molar-refractivity contribution in [1.82, 2.24) is 9.62 Å². The normalized spacial score (nSPS) is 19.0. The van der Waals surface area contributed by atoms with E-state index in [0.29, 0.717) is 30.8 Å². The molecule has 1 aromatic rings. The summed E-state index contributed by atoms with van der Waals surface area (Å²) in [6.07, 6.45) is 10.5. The molecule has 0 radical (unpaired) electrons. The molecular formula is C19H24N2O3S. The zero-order valence-electron chi connectivity index (χ0n) is 14.3. The van der Waals surface area contributed by atoms with Crippen LogP contribution in [0.3, 0.4) is 0 Å². The fraction of sp³-hybridized carbons (Fsp3) is 0.526. The van der Waals surface area contributed by atoms with E-state index in [1.165, 1.54) is 16.3 Å². The molecule has 0 aromatic heterocycles. The van der Waals surface area contributed by atoms with E-state index in [-0.39, 0.29) is 18.4 Å². The number of carbonyl (C=O) groups is 1. The van der Waals surface area contributed by atoms with Gasteiger partial charge in [-0.2, -0.15) is 4.31 Å². The van der Waals surface area contributed by atoms with Crippen molar-refractivity contribution in [3.8, 4) is 12.3 Å². The maximum Gasteiger partial charge on any atom is 0.243 e. The molecule has 0 spiro atoms. The number of hydrogen-bond acceptors (Lipinski definition) is 3. The molecule has 0 bridgehead atoms. The third-order valence-electron chi connectivity index (χ3n) is 5.15. The number of nitrogens with one attached hydrogen (secondary N) is 1. The Balaban J connectivity index is 1.68. The van der Waals surface area contributed by atoms with E-state index in [1.807, 2.05) is 12.1 Å². The van der Waals surface area contributed by atoms with Crippen LogP contribution in [0.15, 0.2) is 23.1 Å². The molecule has 1 aliphatic carbocycles. The lowest BCUT2D eigenvalue weighted by Gasteiger charge is -2.30. The fourth-order valence-electron chi connectivity index (χ4n) is 3.66. The third kappa shape index (κ3) is 3.88. The summed E-state index contributed by atoms with van der Waals surface area (Å²) in [5.41, 5.74) is 2.44. The van der Waals surface area contributed by atoms with Gasteiger partial charge in [-0.25, -0.2) is 8.42 Å². The number of carbonyl (C=O) groups excluding carboxylic acids is 1. The molecule has 1 aliphatic heterocycles. The first-order valence-electron chi connectivity index (χ1n) is 8.85. The number of rotatable bonds is 4. The molecule has 1 amide bonds. The quantitative estimate of drug-likeness (QED) is 0.832. The van der Waals surface area contributed by atoms with Crippen molar-refractivity contribution in [3.63, 3.8) is 0 Å². The molecule has 1 heterocycles. The van der Waals surface area contributed by atoms with Gasteiger partial charge in [0.2, 0.25) is 15.9 Å². The Hall–Kier alpha value is -1.84. The minimum atomic E-state index is -3.49. The number of hydrogen-bond donors (Lipinski definition) is 1. The lowest BCUT2D eigenvalue weighted by molar-refractivity contribution is -0.125. The Bertz CT molecular complexity index is 787. The van der Waals surface area contributed by atoms with Gasteiger partial charge in [0.1, 0.15) is 0 Å². The second kappa shape index (κ2) is 7.59. The summed E-state index contributed by atoms with van der Waals surface area (Å²) in [5, 5.41) is 2.68. The highest BCUT2D eigenvalue weighted by Crippen LogP contribution is 2.28. The molecular weight excluding hydrogens is 336 g/mol. The smallest absolute Gasteiger partial charge is 0.243 e. The monoisotopic (exact) mass is 360 g/mol. The molecule has 6 heteroatoms. The van der Waals surface area contributed by atoms with Crippen LogP contribution in [0, 0.1) is 18.3 Å². The van der Waals surface area contributed by atoms with Crippen molar-refractivity contribution in [3.05, 3.63) is 29.3 Å². The Morgan fingerprint density at radius 3 is 2.56 bits per heavy atom. The summed E-state index contributed by atoms with van der Waals surface area (Å²) < 4.78 is 27.3. The lowest BCUT2D eigenvalue weighted by atomic mass is 9.92. The van der Waals surface area contributed by atoms with Gasteiger partial charge in [0.05, 0.1) is 11.4 Å². The SMILES string of the molecule is C#CCNC(=O)C1CCN(S(=O)(=O)c2ccc3c(c2)CCCC3)CC1. The third-order valence-corrected chi connectivity index (χ3v) is 7.04. The van der Waals surface area contributed by atoms with Gasteiger partial charge < -0.3 is 5.32 Å². The van der Waals surface area contributed by atoms with E-state index in [4.69, 9.17) is 6.42 Å². The number of aryl methyl sites for hydroxylation is 2. The van der Waals surface area contributed by atoms with Crippen LogP contribution < -0.4 is 5.32 Å². The summed E-state index contributed by atoms with van der Waals surface area (Å²) in [4.78, 5) is 12.3. The predicted molar refractivity (Wildman–Crippen MR) is 96.4 cm³/mol. The van der Waals surface area contributed by atoms with E-state index >= 15 is 0 Å². The predicted octanol–water partition coefficient (Wildman–Crippen LogP) is 1.72. The van der Waals surface area contributed by atoms with Crippen molar-refractivity contribution in [2.75, 3.05) is 19.6 Å². The molecule has 1 aromatic carbocycles. The number of benzene rings is 1. The molecule has 0 saturated carbocycles. The molecule has 134 valence electrons. The first kappa shape index (κ1) is 18.0. The van der Waals surface area contributed by atoms with E-state index < -0.39 is 10.0 Å². The Labute approximate surface area is 149 Å². The average Bonchev–Trinajstić information content (AvgIpc) is 2.65. The number of nitrogens with zero attached hydrogens (tertiary/aromatic N) is 1. The summed E-state index contributed by atoms with van der Waals surface area (Å²) in [6.45, 7) is 0.952. The highest BCUT2D eigenvalue weighted by molar-refractivity contribution is 7.89. The van der Waals surface area contributed by atoms with Crippen molar-refractivity contribution < 1.29 is 13.2 Å². The van der Waals surface area contributed by atoms with Crippen molar-refractivity contribution in [1.29, 1.82) is 0 Å². The van der Waals surface area contributed by atoms with Crippen LogP contribution in [0.25, 0.3) is 0 Å². The minimum Gasteiger partial charge on any atom is -0.345 e. The Kier molecular flexibility index (Phi) is 5.45. The largest absolute Gasteiger partial charge is 0.345 e. The first-order valence-corrected chi connectivity index (χ1v) is 10.3. The van der Waals surface area contributed by atoms with Crippen molar-refractivity contribution >= 4 is 15.9 Å². The molecule has 0 unspecified atom stereocenters. The zero-order chi connectivity index (χ0) is 17.9. The maximum absolute atomic E-state index is 12.9. The van der Waals surface area contributed by atoms with Crippen LogP contribution in [0.4, 0.5) is 0 Å². The van der Waals surface area contributed by atoms with Crippen LogP contribution in [-0.4, -0.2) is 38.3 Å². The van der Waals surface area contributed by atoms with Gasteiger partial charge in [0.25, 0.3) is 0 Å². The van der Waals surface area contributed by atoms with Gasteiger partial charge in [-0.05, 0) is 61.8 Å². The van der Waals surface area contributed by atoms with E-state index in [2.05, 4.69) is 11.2 Å². The number of sulfonamides is 1. The Morgan fingerprint density at radius 1 is 1.20 bits per heavy atom. The second-order valence-electron chi connectivity index (χ2n) is 6.74. The highest BCUT2D eigenvalue weighted by atomic mass is 32.2. The number of terminal acetylenes is 1. The molecule has 1 saturated heterocycles. The summed E-state index contributed by atoms with van der Waals surface area (Å²) in [7, 11) is -3.49. The summed E-state index contributed by atoms with van der Waals surface area (Å²) in [6, 6.07) is 5.53. The first-order chi connectivity index (χ1) is 12.0. The summed E-state index contributed by atoms with van der Waals surface area (Å²) >= 11 is 0. The van der Waals surface area contributed by atoms with Crippen molar-refractivity contribution in [2.45, 2.75) is 43.4 Å². The highest BCUT2D eigenvalue weighted by Gasteiger charge is 2.32. The average molecular weight is 360 g/mol. The van der Waals surface area contributed by atoms with E-state index in [9.17, 15) is 13.2 Å². The second-order valence-corrected chi connectivity index (χ2v) is 8.68. The van der Waals surface area contributed by atoms with Gasteiger partial charge in [0.15, 0.2) is 0 Å². The summed E-state index contributed by atoms with van der Waals surface area (Å²) in [5.74, 6) is 2.14. The molecule has 25 heavy (non-hydrogen) atoms.